The first-order valence-electron chi connectivity index (χ1n) is 6.85. The maximum atomic E-state index is 14.1. The van der Waals surface area contributed by atoms with Gasteiger partial charge in [0.05, 0.1) is 0 Å². The second-order valence-electron chi connectivity index (χ2n) is 6.05. The summed E-state index contributed by atoms with van der Waals surface area (Å²) in [6.07, 6.45) is 2.75. The Labute approximate surface area is 112 Å². The van der Waals surface area contributed by atoms with Gasteiger partial charge in [-0.2, -0.15) is 0 Å². The van der Waals surface area contributed by atoms with Crippen molar-refractivity contribution < 1.29 is 13.9 Å². The van der Waals surface area contributed by atoms with E-state index in [1.807, 2.05) is 6.92 Å². The van der Waals surface area contributed by atoms with Crippen molar-refractivity contribution in [1.29, 1.82) is 0 Å². The fourth-order valence-corrected chi connectivity index (χ4v) is 3.22. The number of benzene rings is 1. The van der Waals surface area contributed by atoms with E-state index < -0.39 is 17.2 Å². The SMILES string of the molecule is Cc1ccc(C2(O)CC(C)N(C3CC3)C2)c(F)c1F. The van der Waals surface area contributed by atoms with Crippen LogP contribution >= 0.6 is 0 Å². The Bertz CT molecular complexity index is 515. The normalized spacial score (nSPS) is 31.9. The second-order valence-corrected chi connectivity index (χ2v) is 6.05. The van der Waals surface area contributed by atoms with Crippen LogP contribution in [0.15, 0.2) is 12.1 Å². The molecule has 2 nitrogen and oxygen atoms in total. The first kappa shape index (κ1) is 13.0. The summed E-state index contributed by atoms with van der Waals surface area (Å²) in [4.78, 5) is 2.22. The van der Waals surface area contributed by atoms with Crippen LogP contribution in [0.1, 0.15) is 37.3 Å². The fraction of sp³-hybridized carbons (Fsp3) is 0.600. The number of hydrogen-bond acceptors (Lipinski definition) is 2. The summed E-state index contributed by atoms with van der Waals surface area (Å²) >= 11 is 0. The highest BCUT2D eigenvalue weighted by atomic mass is 19.2. The summed E-state index contributed by atoms with van der Waals surface area (Å²) in [6, 6.07) is 3.79. The Morgan fingerprint density at radius 1 is 1.26 bits per heavy atom. The highest BCUT2D eigenvalue weighted by molar-refractivity contribution is 5.31. The predicted octanol–water partition coefficient (Wildman–Crippen LogP) is 2.72. The Morgan fingerprint density at radius 3 is 2.58 bits per heavy atom. The van der Waals surface area contributed by atoms with Gasteiger partial charge in [0.25, 0.3) is 0 Å². The van der Waals surface area contributed by atoms with Crippen molar-refractivity contribution in [3.05, 3.63) is 34.9 Å². The number of likely N-dealkylation sites (tertiary alicyclic amines) is 1. The van der Waals surface area contributed by atoms with E-state index in [1.54, 1.807) is 0 Å². The predicted molar refractivity (Wildman–Crippen MR) is 68.8 cm³/mol. The van der Waals surface area contributed by atoms with Gasteiger partial charge < -0.3 is 5.11 Å². The molecule has 0 amide bonds. The first-order chi connectivity index (χ1) is 8.92. The smallest absolute Gasteiger partial charge is 0.165 e. The van der Waals surface area contributed by atoms with E-state index in [9.17, 15) is 13.9 Å². The largest absolute Gasteiger partial charge is 0.384 e. The molecular formula is C15H19F2NO. The van der Waals surface area contributed by atoms with Gasteiger partial charge in [0, 0.05) is 24.2 Å². The van der Waals surface area contributed by atoms with E-state index in [1.165, 1.54) is 19.1 Å². The number of β-amino-alcohol motifs (C(OH)–C–C–N with tert-alkyl or cyclic N) is 1. The molecule has 0 spiro atoms. The van der Waals surface area contributed by atoms with Gasteiger partial charge in [-0.25, -0.2) is 8.78 Å². The van der Waals surface area contributed by atoms with E-state index in [2.05, 4.69) is 4.90 Å². The van der Waals surface area contributed by atoms with Gasteiger partial charge in [0.2, 0.25) is 0 Å². The topological polar surface area (TPSA) is 23.5 Å². The molecule has 1 saturated carbocycles. The zero-order chi connectivity index (χ0) is 13.8. The zero-order valence-corrected chi connectivity index (χ0v) is 11.3. The van der Waals surface area contributed by atoms with Gasteiger partial charge in [0.1, 0.15) is 5.60 Å². The maximum absolute atomic E-state index is 14.1. The van der Waals surface area contributed by atoms with Crippen LogP contribution in [0.25, 0.3) is 0 Å². The minimum Gasteiger partial charge on any atom is -0.384 e. The monoisotopic (exact) mass is 267 g/mol. The standard InChI is InChI=1S/C15H19F2NO/c1-9-3-6-12(14(17)13(9)16)15(19)7-10(2)18(8-15)11-4-5-11/h3,6,10-11,19H,4-5,7-8H2,1-2H3. The molecule has 1 aromatic rings. The lowest BCUT2D eigenvalue weighted by Crippen LogP contribution is -2.34. The molecule has 2 aliphatic rings. The Kier molecular flexibility index (Phi) is 2.91. The number of hydrogen-bond donors (Lipinski definition) is 1. The van der Waals surface area contributed by atoms with Crippen LogP contribution in [0.3, 0.4) is 0 Å². The summed E-state index contributed by atoms with van der Waals surface area (Å²) in [6.45, 7) is 3.97. The van der Waals surface area contributed by atoms with Crippen LogP contribution in [0.4, 0.5) is 8.78 Å². The average molecular weight is 267 g/mol. The minimum atomic E-state index is -1.26. The minimum absolute atomic E-state index is 0.102. The van der Waals surface area contributed by atoms with Crippen LogP contribution in [0.5, 0.6) is 0 Å². The maximum Gasteiger partial charge on any atom is 0.165 e. The molecule has 1 aliphatic carbocycles. The molecule has 19 heavy (non-hydrogen) atoms. The van der Waals surface area contributed by atoms with Gasteiger partial charge >= 0.3 is 0 Å². The third-order valence-corrected chi connectivity index (χ3v) is 4.44. The number of halogens is 2. The molecule has 3 rings (SSSR count). The number of nitrogens with zero attached hydrogens (tertiary/aromatic N) is 1. The number of rotatable bonds is 2. The van der Waals surface area contributed by atoms with Crippen molar-refractivity contribution in [1.82, 2.24) is 4.90 Å². The van der Waals surface area contributed by atoms with E-state index in [0.717, 1.165) is 12.8 Å². The lowest BCUT2D eigenvalue weighted by atomic mass is 9.90. The van der Waals surface area contributed by atoms with Crippen molar-refractivity contribution in [3.8, 4) is 0 Å². The lowest BCUT2D eigenvalue weighted by Gasteiger charge is -2.25. The van der Waals surface area contributed by atoms with Crippen molar-refractivity contribution in [2.45, 2.75) is 50.8 Å². The molecule has 1 aliphatic heterocycles. The molecule has 2 atom stereocenters. The van der Waals surface area contributed by atoms with E-state index in [0.29, 0.717) is 19.0 Å². The first-order valence-corrected chi connectivity index (χ1v) is 6.85. The quantitative estimate of drug-likeness (QED) is 0.890. The summed E-state index contributed by atoms with van der Waals surface area (Å²) in [5.41, 5.74) is -0.888. The summed E-state index contributed by atoms with van der Waals surface area (Å²) in [5.74, 6) is -1.74. The molecule has 1 heterocycles. The molecule has 2 fully saturated rings. The highest BCUT2D eigenvalue weighted by Gasteiger charge is 2.48. The van der Waals surface area contributed by atoms with Gasteiger partial charge in [-0.05, 0) is 38.7 Å². The second kappa shape index (κ2) is 4.25. The van der Waals surface area contributed by atoms with Gasteiger partial charge in [0.15, 0.2) is 11.6 Å². The van der Waals surface area contributed by atoms with Crippen LogP contribution < -0.4 is 0 Å². The van der Waals surface area contributed by atoms with E-state index in [4.69, 9.17) is 0 Å². The molecular weight excluding hydrogens is 248 g/mol. The van der Waals surface area contributed by atoms with E-state index in [-0.39, 0.29) is 17.2 Å². The van der Waals surface area contributed by atoms with Crippen molar-refractivity contribution in [2.75, 3.05) is 6.54 Å². The molecule has 0 bridgehead atoms. The van der Waals surface area contributed by atoms with Crippen molar-refractivity contribution >= 4 is 0 Å². The fourth-order valence-electron chi connectivity index (χ4n) is 3.22. The van der Waals surface area contributed by atoms with Crippen LogP contribution in [-0.2, 0) is 5.60 Å². The summed E-state index contributed by atoms with van der Waals surface area (Å²) < 4.78 is 27.8. The zero-order valence-electron chi connectivity index (χ0n) is 11.3. The number of aryl methyl sites for hydroxylation is 1. The van der Waals surface area contributed by atoms with Crippen molar-refractivity contribution in [3.63, 3.8) is 0 Å². The molecule has 104 valence electrons. The molecule has 0 radical (unpaired) electrons. The molecule has 4 heteroatoms. The van der Waals surface area contributed by atoms with Crippen LogP contribution in [-0.4, -0.2) is 28.6 Å². The van der Waals surface area contributed by atoms with Gasteiger partial charge in [-0.15, -0.1) is 0 Å². The molecule has 1 saturated heterocycles. The molecule has 1 N–H and O–H groups in total. The summed E-state index contributed by atoms with van der Waals surface area (Å²) in [5, 5.41) is 10.7. The van der Waals surface area contributed by atoms with Crippen LogP contribution in [0.2, 0.25) is 0 Å². The third kappa shape index (κ3) is 2.07. The van der Waals surface area contributed by atoms with Crippen LogP contribution in [0, 0.1) is 18.6 Å². The molecule has 0 aromatic heterocycles. The Balaban J connectivity index is 1.95. The summed E-state index contributed by atoms with van der Waals surface area (Å²) in [7, 11) is 0. The number of aliphatic hydroxyl groups is 1. The van der Waals surface area contributed by atoms with Gasteiger partial charge in [-0.3, -0.25) is 4.90 Å². The Morgan fingerprint density at radius 2 is 1.95 bits per heavy atom. The van der Waals surface area contributed by atoms with E-state index >= 15 is 0 Å². The Hall–Kier alpha value is -1.00. The average Bonchev–Trinajstić information content (AvgIpc) is 3.13. The molecule has 1 aromatic carbocycles. The third-order valence-electron chi connectivity index (χ3n) is 4.44. The highest BCUT2D eigenvalue weighted by Crippen LogP contribution is 2.42. The van der Waals surface area contributed by atoms with Gasteiger partial charge in [-0.1, -0.05) is 12.1 Å². The molecule has 2 unspecified atom stereocenters. The lowest BCUT2D eigenvalue weighted by molar-refractivity contribution is 0.0409. The van der Waals surface area contributed by atoms with Crippen molar-refractivity contribution in [2.24, 2.45) is 0 Å².